The van der Waals surface area contributed by atoms with Gasteiger partial charge in [0.05, 0.1) is 0 Å². The average Bonchev–Trinajstić information content (AvgIpc) is 2.86. The quantitative estimate of drug-likeness (QED) is 0.842. The summed E-state index contributed by atoms with van der Waals surface area (Å²) < 4.78 is 0. The van der Waals surface area contributed by atoms with E-state index in [-0.39, 0.29) is 17.9 Å². The van der Waals surface area contributed by atoms with Crippen molar-refractivity contribution in [3.8, 4) is 0 Å². The molecule has 4 heteroatoms. The second-order valence-corrected chi connectivity index (χ2v) is 6.83. The molecule has 1 heterocycles. The number of carbonyl (C=O) groups is 2. The molecule has 0 radical (unpaired) electrons. The van der Waals surface area contributed by atoms with E-state index in [2.05, 4.69) is 19.2 Å². The Morgan fingerprint density at radius 2 is 1.85 bits per heavy atom. The molecule has 1 atom stereocenters. The molecule has 1 saturated heterocycles. The monoisotopic (exact) mass is 282 g/mol. The van der Waals surface area contributed by atoms with E-state index in [1.165, 1.54) is 0 Å². The lowest BCUT2D eigenvalue weighted by Gasteiger charge is -2.30. The largest absolute Gasteiger partial charge is 0.354 e. The minimum Gasteiger partial charge on any atom is -0.354 e. The SMILES string of the molecule is CCC(CC)CNC(=O)C1CCCN1C(=O)C(C)(C)C. The number of nitrogens with zero attached hydrogens (tertiary/aromatic N) is 1. The smallest absolute Gasteiger partial charge is 0.242 e. The Kier molecular flexibility index (Phi) is 6.03. The van der Waals surface area contributed by atoms with E-state index in [1.54, 1.807) is 4.90 Å². The summed E-state index contributed by atoms with van der Waals surface area (Å²) in [6, 6.07) is -0.268. The fraction of sp³-hybridized carbons (Fsp3) is 0.875. The Labute approximate surface area is 123 Å². The highest BCUT2D eigenvalue weighted by atomic mass is 16.2. The molecule has 0 aromatic heterocycles. The molecule has 0 spiro atoms. The highest BCUT2D eigenvalue weighted by molar-refractivity contribution is 5.90. The lowest BCUT2D eigenvalue weighted by molar-refractivity contribution is -0.144. The third-order valence-electron chi connectivity index (χ3n) is 4.18. The van der Waals surface area contributed by atoms with Gasteiger partial charge in [-0.1, -0.05) is 47.5 Å². The molecule has 1 aliphatic heterocycles. The molecule has 2 amide bonds. The average molecular weight is 282 g/mol. The molecular weight excluding hydrogens is 252 g/mol. The van der Waals surface area contributed by atoms with Crippen LogP contribution in [-0.2, 0) is 9.59 Å². The molecule has 1 N–H and O–H groups in total. The standard InChI is InChI=1S/C16H30N2O2/c1-6-12(7-2)11-17-14(19)13-9-8-10-18(13)15(20)16(3,4)5/h12-13H,6-11H2,1-5H3,(H,17,19). The topological polar surface area (TPSA) is 49.4 Å². The van der Waals surface area contributed by atoms with E-state index >= 15 is 0 Å². The van der Waals surface area contributed by atoms with Crippen LogP contribution in [0.15, 0.2) is 0 Å². The van der Waals surface area contributed by atoms with Crippen LogP contribution in [0.2, 0.25) is 0 Å². The molecule has 1 aliphatic rings. The van der Waals surface area contributed by atoms with Crippen molar-refractivity contribution in [1.82, 2.24) is 10.2 Å². The molecule has 0 aromatic carbocycles. The third kappa shape index (κ3) is 4.22. The van der Waals surface area contributed by atoms with Gasteiger partial charge in [-0.3, -0.25) is 9.59 Å². The minimum absolute atomic E-state index is 0.0204. The second kappa shape index (κ2) is 7.09. The van der Waals surface area contributed by atoms with Crippen molar-refractivity contribution in [2.24, 2.45) is 11.3 Å². The molecule has 20 heavy (non-hydrogen) atoms. The molecule has 0 aromatic rings. The summed E-state index contributed by atoms with van der Waals surface area (Å²) >= 11 is 0. The zero-order valence-electron chi connectivity index (χ0n) is 13.7. The third-order valence-corrected chi connectivity index (χ3v) is 4.18. The van der Waals surface area contributed by atoms with Crippen molar-refractivity contribution in [2.75, 3.05) is 13.1 Å². The number of amides is 2. The summed E-state index contributed by atoms with van der Waals surface area (Å²) in [6.07, 6.45) is 3.86. The Bertz CT molecular complexity index is 343. The maximum atomic E-state index is 12.4. The van der Waals surface area contributed by atoms with Crippen LogP contribution in [0.25, 0.3) is 0 Å². The Hall–Kier alpha value is -1.06. The zero-order chi connectivity index (χ0) is 15.3. The molecule has 1 unspecified atom stereocenters. The zero-order valence-corrected chi connectivity index (χ0v) is 13.7. The first-order valence-corrected chi connectivity index (χ1v) is 7.90. The van der Waals surface area contributed by atoms with Crippen molar-refractivity contribution >= 4 is 11.8 Å². The Morgan fingerprint density at radius 3 is 2.35 bits per heavy atom. The van der Waals surface area contributed by atoms with Gasteiger partial charge in [-0.15, -0.1) is 0 Å². The number of likely N-dealkylation sites (tertiary alicyclic amines) is 1. The molecule has 0 saturated carbocycles. The molecule has 4 nitrogen and oxygen atoms in total. The van der Waals surface area contributed by atoms with Crippen molar-refractivity contribution in [3.05, 3.63) is 0 Å². The number of hydrogen-bond acceptors (Lipinski definition) is 2. The van der Waals surface area contributed by atoms with Gasteiger partial charge in [-0.2, -0.15) is 0 Å². The summed E-state index contributed by atoms with van der Waals surface area (Å²) in [5, 5.41) is 3.03. The van der Waals surface area contributed by atoms with Crippen LogP contribution in [0.3, 0.4) is 0 Å². The lowest BCUT2D eigenvalue weighted by atomic mass is 9.94. The van der Waals surface area contributed by atoms with Gasteiger partial charge in [0.15, 0.2) is 0 Å². The Balaban J connectivity index is 2.60. The van der Waals surface area contributed by atoms with Crippen LogP contribution in [0.1, 0.15) is 60.3 Å². The van der Waals surface area contributed by atoms with E-state index in [1.807, 2.05) is 20.8 Å². The van der Waals surface area contributed by atoms with Gasteiger partial charge in [0.2, 0.25) is 11.8 Å². The minimum atomic E-state index is -0.418. The summed E-state index contributed by atoms with van der Waals surface area (Å²) in [6.45, 7) is 11.4. The number of rotatable bonds is 5. The van der Waals surface area contributed by atoms with Crippen LogP contribution >= 0.6 is 0 Å². The summed E-state index contributed by atoms with van der Waals surface area (Å²) in [7, 11) is 0. The van der Waals surface area contributed by atoms with Crippen molar-refractivity contribution in [1.29, 1.82) is 0 Å². The lowest BCUT2D eigenvalue weighted by Crippen LogP contribution is -2.49. The van der Waals surface area contributed by atoms with Gasteiger partial charge in [-0.25, -0.2) is 0 Å². The second-order valence-electron chi connectivity index (χ2n) is 6.83. The van der Waals surface area contributed by atoms with Crippen LogP contribution in [0.4, 0.5) is 0 Å². The van der Waals surface area contributed by atoms with E-state index < -0.39 is 5.41 Å². The van der Waals surface area contributed by atoms with Crippen molar-refractivity contribution in [3.63, 3.8) is 0 Å². The van der Waals surface area contributed by atoms with E-state index in [0.29, 0.717) is 12.5 Å². The maximum Gasteiger partial charge on any atom is 0.242 e. The first-order valence-electron chi connectivity index (χ1n) is 7.90. The van der Waals surface area contributed by atoms with E-state index in [0.717, 1.165) is 32.2 Å². The molecule has 0 bridgehead atoms. The fourth-order valence-corrected chi connectivity index (χ4v) is 2.65. The highest BCUT2D eigenvalue weighted by Gasteiger charge is 2.38. The predicted octanol–water partition coefficient (Wildman–Crippen LogP) is 2.58. The normalized spacial score (nSPS) is 19.5. The molecule has 1 fully saturated rings. The van der Waals surface area contributed by atoms with Gasteiger partial charge in [0.25, 0.3) is 0 Å². The Morgan fingerprint density at radius 1 is 1.25 bits per heavy atom. The summed E-state index contributed by atoms with van der Waals surface area (Å²) in [5.41, 5.74) is -0.418. The van der Waals surface area contributed by atoms with E-state index in [9.17, 15) is 9.59 Å². The van der Waals surface area contributed by atoms with E-state index in [4.69, 9.17) is 0 Å². The molecule has 1 rings (SSSR count). The first-order chi connectivity index (χ1) is 9.31. The van der Waals surface area contributed by atoms with Gasteiger partial charge >= 0.3 is 0 Å². The summed E-state index contributed by atoms with van der Waals surface area (Å²) in [4.78, 5) is 26.5. The summed E-state index contributed by atoms with van der Waals surface area (Å²) in [5.74, 6) is 0.636. The van der Waals surface area contributed by atoms with Gasteiger partial charge < -0.3 is 10.2 Å². The fourth-order valence-electron chi connectivity index (χ4n) is 2.65. The van der Waals surface area contributed by atoms with Crippen LogP contribution in [0, 0.1) is 11.3 Å². The van der Waals surface area contributed by atoms with Crippen LogP contribution in [0.5, 0.6) is 0 Å². The van der Waals surface area contributed by atoms with Crippen molar-refractivity contribution in [2.45, 2.75) is 66.3 Å². The number of nitrogens with one attached hydrogen (secondary N) is 1. The van der Waals surface area contributed by atoms with Gasteiger partial charge in [0.1, 0.15) is 6.04 Å². The van der Waals surface area contributed by atoms with Gasteiger partial charge in [0, 0.05) is 18.5 Å². The highest BCUT2D eigenvalue weighted by Crippen LogP contribution is 2.25. The van der Waals surface area contributed by atoms with Crippen LogP contribution < -0.4 is 5.32 Å². The van der Waals surface area contributed by atoms with Crippen LogP contribution in [-0.4, -0.2) is 35.8 Å². The number of hydrogen-bond donors (Lipinski definition) is 1. The molecule has 0 aliphatic carbocycles. The maximum absolute atomic E-state index is 12.4. The first kappa shape index (κ1) is 17.0. The molecule has 116 valence electrons. The van der Waals surface area contributed by atoms with Crippen molar-refractivity contribution < 1.29 is 9.59 Å². The molecular formula is C16H30N2O2. The van der Waals surface area contributed by atoms with Gasteiger partial charge in [-0.05, 0) is 18.8 Å². The number of carbonyl (C=O) groups excluding carboxylic acids is 2. The predicted molar refractivity (Wildman–Crippen MR) is 81.3 cm³/mol.